The van der Waals surface area contributed by atoms with Gasteiger partial charge in [-0.2, -0.15) is 0 Å². The highest BCUT2D eigenvalue weighted by molar-refractivity contribution is 5.85. The fourth-order valence-corrected chi connectivity index (χ4v) is 3.13. The number of fused-ring (bicyclic) bond motifs is 1. The molecule has 2 aromatic carbocycles. The fourth-order valence-electron chi connectivity index (χ4n) is 3.13. The molecule has 138 valence electrons. The molecule has 2 aromatic rings. The molecule has 4 rings (SSSR count). The van der Waals surface area contributed by atoms with E-state index in [1.807, 2.05) is 68.4 Å². The van der Waals surface area contributed by atoms with E-state index in [1.165, 1.54) is 12.1 Å². The van der Waals surface area contributed by atoms with Crippen molar-refractivity contribution in [3.63, 3.8) is 0 Å². The molecule has 3 nitrogen and oxygen atoms in total. The highest BCUT2D eigenvalue weighted by Gasteiger charge is 2.14. The monoisotopic (exact) mass is 368 g/mol. The van der Waals surface area contributed by atoms with Crippen LogP contribution in [0.1, 0.15) is 22.3 Å². The zero-order valence-electron chi connectivity index (χ0n) is 15.8. The average molecular weight is 368 g/mol. The van der Waals surface area contributed by atoms with E-state index in [9.17, 15) is 9.90 Å². The smallest absolute Gasteiger partial charge is 0.182 e. The molecule has 0 fully saturated rings. The van der Waals surface area contributed by atoms with Crippen LogP contribution >= 0.6 is 0 Å². The minimum Gasteiger partial charge on any atom is -0.507 e. The van der Waals surface area contributed by atoms with Crippen LogP contribution in [0.15, 0.2) is 82.0 Å². The molecule has 0 unspecified atom stereocenters. The first-order chi connectivity index (χ1) is 13.5. The van der Waals surface area contributed by atoms with Gasteiger partial charge in [0.2, 0.25) is 0 Å². The van der Waals surface area contributed by atoms with Crippen LogP contribution in [-0.2, 0) is 0 Å². The molecule has 0 bridgehead atoms. The van der Waals surface area contributed by atoms with Gasteiger partial charge in [0.25, 0.3) is 0 Å². The van der Waals surface area contributed by atoms with Crippen LogP contribution in [0.2, 0.25) is 0 Å². The molecule has 1 heterocycles. The lowest BCUT2D eigenvalue weighted by molar-refractivity contribution is 0.515. The van der Waals surface area contributed by atoms with Crippen molar-refractivity contribution < 1.29 is 9.52 Å². The Hall–Kier alpha value is -3.59. The second-order valence-corrected chi connectivity index (χ2v) is 6.99. The van der Waals surface area contributed by atoms with Crippen molar-refractivity contribution in [2.24, 2.45) is 0 Å². The van der Waals surface area contributed by atoms with Crippen molar-refractivity contribution in [3.8, 4) is 22.6 Å². The van der Waals surface area contributed by atoms with Gasteiger partial charge in [0, 0.05) is 22.8 Å². The normalized spacial score (nSPS) is 11.7. The summed E-state index contributed by atoms with van der Waals surface area (Å²) in [6.07, 6.45) is 1.71. The minimum absolute atomic E-state index is 0.116. The summed E-state index contributed by atoms with van der Waals surface area (Å²) >= 11 is 0. The summed E-state index contributed by atoms with van der Waals surface area (Å²) in [5.74, 6) is 1.29. The van der Waals surface area contributed by atoms with Gasteiger partial charge in [-0.25, -0.2) is 0 Å². The summed E-state index contributed by atoms with van der Waals surface area (Å²) in [6.45, 7) is 4.03. The van der Waals surface area contributed by atoms with Gasteiger partial charge >= 0.3 is 0 Å². The number of aryl methyl sites for hydroxylation is 2. The van der Waals surface area contributed by atoms with Gasteiger partial charge in [-0.1, -0.05) is 59.7 Å². The maximum absolute atomic E-state index is 11.8. The Balaban J connectivity index is 1.89. The maximum atomic E-state index is 11.8. The molecule has 0 saturated heterocycles. The van der Waals surface area contributed by atoms with Crippen molar-refractivity contribution in [1.29, 1.82) is 0 Å². The predicted octanol–water partition coefficient (Wildman–Crippen LogP) is 6.08. The first-order valence-corrected chi connectivity index (χ1v) is 9.12. The van der Waals surface area contributed by atoms with Crippen molar-refractivity contribution in [3.05, 3.63) is 105 Å². The van der Waals surface area contributed by atoms with Crippen molar-refractivity contribution >= 4 is 11.8 Å². The van der Waals surface area contributed by atoms with E-state index in [4.69, 9.17) is 4.42 Å². The maximum Gasteiger partial charge on any atom is 0.182 e. The third-order valence-electron chi connectivity index (χ3n) is 4.75. The highest BCUT2D eigenvalue weighted by atomic mass is 16.3. The lowest BCUT2D eigenvalue weighted by Gasteiger charge is -2.12. The van der Waals surface area contributed by atoms with E-state index in [-0.39, 0.29) is 11.2 Å². The molecule has 0 atom stereocenters. The fraction of sp³-hybridized carbons (Fsp3) is 0.0800. The second kappa shape index (κ2) is 7.20. The number of aliphatic hydroxyl groups is 1. The Morgan fingerprint density at radius 2 is 1.46 bits per heavy atom. The van der Waals surface area contributed by atoms with Crippen LogP contribution in [0.25, 0.3) is 34.5 Å². The molecule has 1 aliphatic heterocycles. The number of hydrogen-bond donors (Lipinski definition) is 1. The van der Waals surface area contributed by atoms with Gasteiger partial charge < -0.3 is 9.52 Å². The molecule has 2 aliphatic rings. The Morgan fingerprint density at radius 1 is 0.821 bits per heavy atom. The van der Waals surface area contributed by atoms with E-state index in [2.05, 4.69) is 0 Å². The highest BCUT2D eigenvalue weighted by Crippen LogP contribution is 2.33. The zero-order chi connectivity index (χ0) is 19.7. The third-order valence-corrected chi connectivity index (χ3v) is 4.75. The summed E-state index contributed by atoms with van der Waals surface area (Å²) < 4.78 is 6.00. The largest absolute Gasteiger partial charge is 0.507 e. The standard InChI is InChI=1S/C25H20O3/c1-16-3-7-18(8-4-16)23(27)13-20-14-24(19-9-5-17(2)6-10-19)28-25-15-21(26)11-12-22(20)25/h3-15,27H,1-2H3. The Labute approximate surface area is 163 Å². The van der Waals surface area contributed by atoms with E-state index >= 15 is 0 Å². The van der Waals surface area contributed by atoms with Crippen LogP contribution in [0.4, 0.5) is 0 Å². The first kappa shape index (κ1) is 17.8. The van der Waals surface area contributed by atoms with E-state index in [0.29, 0.717) is 11.5 Å². The van der Waals surface area contributed by atoms with Gasteiger partial charge in [-0.15, -0.1) is 0 Å². The molecular formula is C25H20O3. The topological polar surface area (TPSA) is 50.4 Å². The second-order valence-electron chi connectivity index (χ2n) is 6.99. The number of aliphatic hydroxyl groups excluding tert-OH is 1. The minimum atomic E-state index is -0.116. The molecule has 0 aromatic heterocycles. The van der Waals surface area contributed by atoms with Crippen LogP contribution in [-0.4, -0.2) is 5.11 Å². The Morgan fingerprint density at radius 3 is 2.14 bits per heavy atom. The van der Waals surface area contributed by atoms with Gasteiger partial charge in [0.15, 0.2) is 5.43 Å². The SMILES string of the molecule is Cc1ccc(C(O)=Cc2cc(-c3ccc(C)cc3)oc3cc(=O)ccc2-3)cc1. The Bertz CT molecular complexity index is 1180. The van der Waals surface area contributed by atoms with Crippen LogP contribution in [0, 0.1) is 13.8 Å². The molecule has 0 saturated carbocycles. The quantitative estimate of drug-likeness (QED) is 0.446. The molecule has 28 heavy (non-hydrogen) atoms. The summed E-state index contributed by atoms with van der Waals surface area (Å²) in [5, 5.41) is 10.6. The van der Waals surface area contributed by atoms with E-state index in [0.717, 1.165) is 33.4 Å². The lowest BCUT2D eigenvalue weighted by atomic mass is 9.99. The molecular weight excluding hydrogens is 348 g/mol. The van der Waals surface area contributed by atoms with Crippen molar-refractivity contribution in [2.45, 2.75) is 13.8 Å². The number of benzene rings is 3. The average Bonchev–Trinajstić information content (AvgIpc) is 2.68. The van der Waals surface area contributed by atoms with Crippen LogP contribution < -0.4 is 5.43 Å². The van der Waals surface area contributed by atoms with Gasteiger partial charge in [0.05, 0.1) is 0 Å². The van der Waals surface area contributed by atoms with Gasteiger partial charge in [0.1, 0.15) is 17.3 Å². The van der Waals surface area contributed by atoms with Crippen molar-refractivity contribution in [1.82, 2.24) is 0 Å². The molecule has 3 heteroatoms. The first-order valence-electron chi connectivity index (χ1n) is 9.12. The summed E-state index contributed by atoms with van der Waals surface area (Å²) in [5.41, 5.74) is 5.37. The third kappa shape index (κ3) is 3.60. The molecule has 1 N–H and O–H groups in total. The summed E-state index contributed by atoms with van der Waals surface area (Å²) in [6, 6.07) is 22.3. The summed E-state index contributed by atoms with van der Waals surface area (Å²) in [4.78, 5) is 11.8. The lowest BCUT2D eigenvalue weighted by Crippen LogP contribution is -1.99. The molecule has 0 spiro atoms. The predicted molar refractivity (Wildman–Crippen MR) is 113 cm³/mol. The van der Waals surface area contributed by atoms with Gasteiger partial charge in [-0.3, -0.25) is 4.79 Å². The number of rotatable bonds is 3. The molecule has 0 amide bonds. The van der Waals surface area contributed by atoms with E-state index < -0.39 is 0 Å². The zero-order valence-corrected chi connectivity index (χ0v) is 15.8. The molecule has 0 radical (unpaired) electrons. The summed E-state index contributed by atoms with van der Waals surface area (Å²) in [7, 11) is 0. The Kier molecular flexibility index (Phi) is 4.58. The van der Waals surface area contributed by atoms with Crippen LogP contribution in [0.5, 0.6) is 0 Å². The molecule has 1 aliphatic carbocycles. The van der Waals surface area contributed by atoms with Gasteiger partial charge in [-0.05, 0) is 43.7 Å². The van der Waals surface area contributed by atoms with E-state index in [1.54, 1.807) is 12.1 Å². The number of hydrogen-bond acceptors (Lipinski definition) is 3. The van der Waals surface area contributed by atoms with Crippen molar-refractivity contribution in [2.75, 3.05) is 0 Å². The van der Waals surface area contributed by atoms with Crippen LogP contribution in [0.3, 0.4) is 0 Å².